The van der Waals surface area contributed by atoms with Crippen molar-refractivity contribution in [1.82, 2.24) is 9.78 Å². The Kier molecular flexibility index (Phi) is 4.86. The molecule has 0 saturated heterocycles. The molecule has 0 fully saturated rings. The summed E-state index contributed by atoms with van der Waals surface area (Å²) < 4.78 is 1.45. The Balaban J connectivity index is 2.14. The average Bonchev–Trinajstić information content (AvgIpc) is 2.90. The first-order valence-electron chi connectivity index (χ1n) is 6.60. The number of aromatic nitrogens is 2. The number of benzene rings is 1. The highest BCUT2D eigenvalue weighted by Gasteiger charge is 2.16. The van der Waals surface area contributed by atoms with Crippen LogP contribution in [0, 0.1) is 10.1 Å². The van der Waals surface area contributed by atoms with Crippen LogP contribution in [0.2, 0.25) is 0 Å². The zero-order valence-corrected chi connectivity index (χ0v) is 13.0. The summed E-state index contributed by atoms with van der Waals surface area (Å²) in [4.78, 5) is 21.8. The molecule has 9 nitrogen and oxygen atoms in total. The lowest BCUT2D eigenvalue weighted by Crippen LogP contribution is -2.23. The number of rotatable bonds is 5. The molecule has 4 N–H and O–H groups in total. The van der Waals surface area contributed by atoms with Crippen LogP contribution in [0.5, 0.6) is 0 Å². The van der Waals surface area contributed by atoms with Crippen molar-refractivity contribution in [1.29, 1.82) is 0 Å². The second kappa shape index (κ2) is 6.83. The molecule has 1 aromatic carbocycles. The third-order valence-electron chi connectivity index (χ3n) is 2.94. The molecular formula is C13H14N6O3S. The molecule has 1 heterocycles. The topological polar surface area (TPSA) is 128 Å². The fourth-order valence-electron chi connectivity index (χ4n) is 1.96. The summed E-state index contributed by atoms with van der Waals surface area (Å²) in [5.74, 6) is -0.634. The Morgan fingerprint density at radius 2 is 2.22 bits per heavy atom. The fourth-order valence-corrected chi connectivity index (χ4v) is 2.19. The maximum Gasteiger partial charge on any atom is 0.271 e. The third-order valence-corrected chi connectivity index (χ3v) is 3.14. The van der Waals surface area contributed by atoms with Crippen LogP contribution >= 0.6 is 12.2 Å². The van der Waals surface area contributed by atoms with E-state index in [1.807, 2.05) is 6.92 Å². The molecule has 120 valence electrons. The molecule has 0 aliphatic rings. The van der Waals surface area contributed by atoms with Crippen LogP contribution in [0.1, 0.15) is 17.4 Å². The van der Waals surface area contributed by atoms with E-state index in [1.165, 1.54) is 29.1 Å². The van der Waals surface area contributed by atoms with Gasteiger partial charge in [0.05, 0.1) is 16.8 Å². The first kappa shape index (κ1) is 16.4. The Labute approximate surface area is 136 Å². The number of nitro groups is 1. The van der Waals surface area contributed by atoms with E-state index in [0.29, 0.717) is 17.9 Å². The maximum atomic E-state index is 11.5. The number of nitro benzene ring substituents is 1. The van der Waals surface area contributed by atoms with E-state index >= 15 is 0 Å². The summed E-state index contributed by atoms with van der Waals surface area (Å²) in [5.41, 5.74) is 6.29. The highest BCUT2D eigenvalue weighted by molar-refractivity contribution is 7.80. The lowest BCUT2D eigenvalue weighted by molar-refractivity contribution is -0.384. The smallest absolute Gasteiger partial charge is 0.271 e. The zero-order chi connectivity index (χ0) is 17.0. The SMILES string of the molecule is CCn1ncc(NC(=S)Nc2cccc([N+](=O)[O-])c2)c1C(N)=O. The average molecular weight is 334 g/mol. The monoisotopic (exact) mass is 334 g/mol. The molecule has 0 radical (unpaired) electrons. The molecule has 23 heavy (non-hydrogen) atoms. The Hall–Kier alpha value is -3.01. The van der Waals surface area contributed by atoms with Gasteiger partial charge in [-0.15, -0.1) is 0 Å². The number of nitrogens with two attached hydrogens (primary N) is 1. The summed E-state index contributed by atoms with van der Waals surface area (Å²) in [6, 6.07) is 5.88. The number of carbonyl (C=O) groups excluding carboxylic acids is 1. The minimum Gasteiger partial charge on any atom is -0.364 e. The van der Waals surface area contributed by atoms with Gasteiger partial charge in [-0.05, 0) is 25.2 Å². The van der Waals surface area contributed by atoms with E-state index in [4.69, 9.17) is 18.0 Å². The zero-order valence-electron chi connectivity index (χ0n) is 12.1. The van der Waals surface area contributed by atoms with Gasteiger partial charge in [0.2, 0.25) is 0 Å². The number of primary amides is 1. The number of hydrogen-bond donors (Lipinski definition) is 3. The van der Waals surface area contributed by atoms with Crippen LogP contribution in [-0.4, -0.2) is 25.7 Å². The molecule has 0 atom stereocenters. The van der Waals surface area contributed by atoms with Gasteiger partial charge >= 0.3 is 0 Å². The molecule has 0 bridgehead atoms. The molecule has 1 amide bonds. The van der Waals surface area contributed by atoms with Crippen molar-refractivity contribution >= 4 is 40.3 Å². The van der Waals surface area contributed by atoms with Gasteiger partial charge < -0.3 is 16.4 Å². The van der Waals surface area contributed by atoms with Gasteiger partial charge in [-0.25, -0.2) is 0 Å². The molecule has 1 aromatic heterocycles. The van der Waals surface area contributed by atoms with Crippen LogP contribution in [-0.2, 0) is 6.54 Å². The predicted molar refractivity (Wildman–Crippen MR) is 89.4 cm³/mol. The van der Waals surface area contributed by atoms with Gasteiger partial charge in [0.15, 0.2) is 5.11 Å². The number of aryl methyl sites for hydroxylation is 1. The Morgan fingerprint density at radius 1 is 1.48 bits per heavy atom. The van der Waals surface area contributed by atoms with E-state index in [0.717, 1.165) is 0 Å². The second-order valence-corrected chi connectivity index (χ2v) is 4.88. The number of nitrogens with one attached hydrogen (secondary N) is 2. The molecule has 10 heteroatoms. The third kappa shape index (κ3) is 3.80. The van der Waals surface area contributed by atoms with E-state index in [-0.39, 0.29) is 16.5 Å². The lowest BCUT2D eigenvalue weighted by Gasteiger charge is -2.10. The van der Waals surface area contributed by atoms with Gasteiger partial charge in [0, 0.05) is 24.4 Å². The molecule has 2 aromatic rings. The number of non-ortho nitro benzene ring substituents is 1. The van der Waals surface area contributed by atoms with E-state index in [9.17, 15) is 14.9 Å². The van der Waals surface area contributed by atoms with Crippen LogP contribution in [0.15, 0.2) is 30.5 Å². The minimum absolute atomic E-state index is 0.0607. The van der Waals surface area contributed by atoms with Crippen LogP contribution in [0.4, 0.5) is 17.1 Å². The van der Waals surface area contributed by atoms with Crippen molar-refractivity contribution in [3.05, 3.63) is 46.3 Å². The number of hydrogen-bond acceptors (Lipinski definition) is 5. The number of nitrogens with zero attached hydrogens (tertiary/aromatic N) is 3. The standard InChI is InChI=1S/C13H14N6O3S/c1-2-18-11(12(14)20)10(7-15-18)17-13(23)16-8-4-3-5-9(6-8)19(21)22/h3-7H,2H2,1H3,(H2,14,20)(H2,16,17,23). The fraction of sp³-hybridized carbons (Fsp3) is 0.154. The van der Waals surface area contributed by atoms with Crippen molar-refractivity contribution in [2.24, 2.45) is 5.73 Å². The summed E-state index contributed by atoms with van der Waals surface area (Å²) >= 11 is 5.14. The Morgan fingerprint density at radius 3 is 2.83 bits per heavy atom. The van der Waals surface area contributed by atoms with Gasteiger partial charge in [-0.1, -0.05) is 6.07 Å². The van der Waals surface area contributed by atoms with Crippen molar-refractivity contribution in [2.75, 3.05) is 10.6 Å². The predicted octanol–water partition coefficient (Wildman–Crippen LogP) is 1.72. The summed E-state index contributed by atoms with van der Waals surface area (Å²) in [7, 11) is 0. The number of carbonyl (C=O) groups is 1. The molecule has 0 aliphatic carbocycles. The molecule has 0 spiro atoms. The quantitative estimate of drug-likeness (QED) is 0.431. The van der Waals surface area contributed by atoms with Crippen molar-refractivity contribution in [3.63, 3.8) is 0 Å². The van der Waals surface area contributed by atoms with E-state index in [2.05, 4.69) is 15.7 Å². The first-order valence-corrected chi connectivity index (χ1v) is 7.01. The number of thiocarbonyl (C=S) groups is 1. The largest absolute Gasteiger partial charge is 0.364 e. The van der Waals surface area contributed by atoms with Crippen LogP contribution in [0.25, 0.3) is 0 Å². The van der Waals surface area contributed by atoms with Crippen molar-refractivity contribution < 1.29 is 9.72 Å². The first-order chi connectivity index (χ1) is 10.9. The minimum atomic E-state index is -0.634. The summed E-state index contributed by atoms with van der Waals surface area (Å²) in [5, 5.41) is 20.6. The normalized spacial score (nSPS) is 10.1. The molecule has 0 aliphatic heterocycles. The highest BCUT2D eigenvalue weighted by atomic mass is 32.1. The van der Waals surface area contributed by atoms with Gasteiger partial charge in [0.25, 0.3) is 11.6 Å². The highest BCUT2D eigenvalue weighted by Crippen LogP contribution is 2.18. The summed E-state index contributed by atoms with van der Waals surface area (Å²) in [6.07, 6.45) is 1.44. The van der Waals surface area contributed by atoms with Gasteiger partial charge in [0.1, 0.15) is 5.69 Å². The van der Waals surface area contributed by atoms with Gasteiger partial charge in [-0.3, -0.25) is 19.6 Å². The van der Waals surface area contributed by atoms with Crippen LogP contribution in [0.3, 0.4) is 0 Å². The lowest BCUT2D eigenvalue weighted by atomic mass is 10.3. The summed E-state index contributed by atoms with van der Waals surface area (Å²) in [6.45, 7) is 2.30. The molecule has 0 saturated carbocycles. The Bertz CT molecular complexity index is 773. The van der Waals surface area contributed by atoms with Gasteiger partial charge in [-0.2, -0.15) is 5.10 Å². The second-order valence-electron chi connectivity index (χ2n) is 4.47. The maximum absolute atomic E-state index is 11.5. The number of anilines is 2. The van der Waals surface area contributed by atoms with E-state index < -0.39 is 10.8 Å². The number of amides is 1. The van der Waals surface area contributed by atoms with Crippen molar-refractivity contribution in [2.45, 2.75) is 13.5 Å². The van der Waals surface area contributed by atoms with E-state index in [1.54, 1.807) is 6.07 Å². The van der Waals surface area contributed by atoms with Crippen LogP contribution < -0.4 is 16.4 Å². The molecule has 2 rings (SSSR count). The molecular weight excluding hydrogens is 320 g/mol. The van der Waals surface area contributed by atoms with Crippen molar-refractivity contribution in [3.8, 4) is 0 Å². The molecule has 0 unspecified atom stereocenters.